The van der Waals surface area contributed by atoms with Crippen molar-refractivity contribution in [2.24, 2.45) is 10.9 Å². The van der Waals surface area contributed by atoms with E-state index >= 15 is 0 Å². The Hall–Kier alpha value is -1.56. The molecule has 1 amide bonds. The Balaban J connectivity index is 2.32. The highest BCUT2D eigenvalue weighted by Gasteiger charge is 2.15. The smallest absolute Gasteiger partial charge is 0.220 e. The van der Waals surface area contributed by atoms with Gasteiger partial charge in [-0.25, -0.2) is 0 Å². The van der Waals surface area contributed by atoms with Crippen LogP contribution in [0, 0.1) is 0 Å². The number of amidine groups is 1. The number of carbonyl (C=O) groups excluding carboxylic acids is 1. The van der Waals surface area contributed by atoms with Gasteiger partial charge in [-0.2, -0.15) is 0 Å². The van der Waals surface area contributed by atoms with E-state index in [-0.39, 0.29) is 17.8 Å². The predicted octanol–water partition coefficient (Wildman–Crippen LogP) is 2.10. The number of nitrogens with zero attached hydrogens (tertiary/aromatic N) is 1. The summed E-state index contributed by atoms with van der Waals surface area (Å²) in [6.07, 6.45) is 3.70. The molecular formula is C13H21N3O2S. The van der Waals surface area contributed by atoms with Crippen LogP contribution in [0.4, 0.5) is 0 Å². The van der Waals surface area contributed by atoms with E-state index < -0.39 is 0 Å². The normalized spacial score (nSPS) is 13.2. The average Bonchev–Trinajstić information content (AvgIpc) is 2.90. The molecular weight excluding hydrogens is 262 g/mol. The number of carbonyl (C=O) groups is 1. The van der Waals surface area contributed by atoms with Crippen molar-refractivity contribution in [3.63, 3.8) is 0 Å². The van der Waals surface area contributed by atoms with Crippen molar-refractivity contribution < 1.29 is 10.0 Å². The Bertz CT molecular complexity index is 404. The van der Waals surface area contributed by atoms with Crippen molar-refractivity contribution in [3.8, 4) is 0 Å². The molecule has 1 aromatic rings. The molecule has 1 unspecified atom stereocenters. The van der Waals surface area contributed by atoms with E-state index in [9.17, 15) is 4.79 Å². The fourth-order valence-electron chi connectivity index (χ4n) is 1.80. The first kappa shape index (κ1) is 15.5. The van der Waals surface area contributed by atoms with Crippen LogP contribution in [0.15, 0.2) is 22.7 Å². The molecule has 0 saturated heterocycles. The Morgan fingerprint density at radius 2 is 2.42 bits per heavy atom. The van der Waals surface area contributed by atoms with E-state index in [1.165, 1.54) is 4.88 Å². The summed E-state index contributed by atoms with van der Waals surface area (Å²) in [6.45, 7) is 1.99. The number of nitrogens with two attached hydrogens (primary N) is 1. The topological polar surface area (TPSA) is 87.7 Å². The summed E-state index contributed by atoms with van der Waals surface area (Å²) in [5.41, 5.74) is 5.54. The number of oxime groups is 1. The van der Waals surface area contributed by atoms with Crippen LogP contribution in [0.25, 0.3) is 0 Å². The highest BCUT2D eigenvalue weighted by Crippen LogP contribution is 2.11. The van der Waals surface area contributed by atoms with Gasteiger partial charge >= 0.3 is 0 Å². The van der Waals surface area contributed by atoms with Gasteiger partial charge in [0.25, 0.3) is 0 Å². The molecule has 5 nitrogen and oxygen atoms in total. The van der Waals surface area contributed by atoms with Gasteiger partial charge in [-0.15, -0.1) is 11.3 Å². The molecule has 1 heterocycles. The second-order valence-electron chi connectivity index (χ2n) is 4.37. The van der Waals surface area contributed by atoms with E-state index in [2.05, 4.69) is 16.5 Å². The van der Waals surface area contributed by atoms with Crippen molar-refractivity contribution in [1.82, 2.24) is 5.32 Å². The molecule has 106 valence electrons. The Morgan fingerprint density at radius 1 is 1.63 bits per heavy atom. The summed E-state index contributed by atoms with van der Waals surface area (Å²) in [5, 5.41) is 16.5. The van der Waals surface area contributed by atoms with Crippen molar-refractivity contribution in [1.29, 1.82) is 0 Å². The second kappa shape index (κ2) is 8.53. The Morgan fingerprint density at radius 3 is 3.00 bits per heavy atom. The summed E-state index contributed by atoms with van der Waals surface area (Å²) in [6, 6.07) is 3.71. The largest absolute Gasteiger partial charge is 0.409 e. The number of hydrogen-bond donors (Lipinski definition) is 3. The lowest BCUT2D eigenvalue weighted by molar-refractivity contribution is -0.121. The molecule has 0 radical (unpaired) electrons. The molecule has 0 aromatic carbocycles. The minimum atomic E-state index is -0.371. The first-order valence-corrected chi connectivity index (χ1v) is 7.34. The molecule has 0 aliphatic heterocycles. The van der Waals surface area contributed by atoms with Crippen LogP contribution >= 0.6 is 11.3 Å². The monoisotopic (exact) mass is 283 g/mol. The van der Waals surface area contributed by atoms with Gasteiger partial charge in [0.15, 0.2) is 5.84 Å². The minimum absolute atomic E-state index is 0.0541. The molecule has 1 rings (SSSR count). The maximum Gasteiger partial charge on any atom is 0.220 e. The van der Waals surface area contributed by atoms with Crippen LogP contribution in [-0.2, 0) is 11.2 Å². The van der Waals surface area contributed by atoms with Gasteiger partial charge < -0.3 is 16.3 Å². The third-order valence-corrected chi connectivity index (χ3v) is 3.73. The van der Waals surface area contributed by atoms with Gasteiger partial charge in [-0.05, 0) is 30.7 Å². The Labute approximate surface area is 117 Å². The van der Waals surface area contributed by atoms with Crippen LogP contribution in [0.1, 0.15) is 37.5 Å². The molecule has 0 aliphatic carbocycles. The highest BCUT2D eigenvalue weighted by molar-refractivity contribution is 7.09. The standard InChI is InChI=1S/C13H21N3O2S/c1-2-5-11(13(14)16-18)15-12(17)8-3-6-10-7-4-9-19-10/h4,7,9,11,18H,2-3,5-6,8H2,1H3,(H2,14,16)(H,15,17). The molecule has 0 fully saturated rings. The van der Waals surface area contributed by atoms with Crippen molar-refractivity contribution in [2.45, 2.75) is 45.1 Å². The molecule has 1 aromatic heterocycles. The number of thiophene rings is 1. The maximum absolute atomic E-state index is 11.8. The number of aryl methyl sites for hydroxylation is 1. The van der Waals surface area contributed by atoms with E-state index in [4.69, 9.17) is 10.9 Å². The quantitative estimate of drug-likeness (QED) is 0.295. The van der Waals surface area contributed by atoms with Gasteiger partial charge in [-0.3, -0.25) is 4.79 Å². The van der Waals surface area contributed by atoms with Gasteiger partial charge in [0.05, 0.1) is 6.04 Å². The van der Waals surface area contributed by atoms with E-state index in [1.54, 1.807) is 11.3 Å². The van der Waals surface area contributed by atoms with Crippen LogP contribution in [0.2, 0.25) is 0 Å². The predicted molar refractivity (Wildman–Crippen MR) is 77.5 cm³/mol. The van der Waals surface area contributed by atoms with Crippen LogP contribution in [0.3, 0.4) is 0 Å². The molecule has 0 spiro atoms. The molecule has 1 atom stereocenters. The van der Waals surface area contributed by atoms with Crippen molar-refractivity contribution >= 4 is 23.1 Å². The number of rotatable bonds is 8. The summed E-state index contributed by atoms with van der Waals surface area (Å²) in [5.74, 6) is 0.00932. The number of hydrogen-bond acceptors (Lipinski definition) is 4. The summed E-state index contributed by atoms with van der Waals surface area (Å²) >= 11 is 1.70. The molecule has 6 heteroatoms. The SMILES string of the molecule is CCCC(NC(=O)CCCc1cccs1)/C(N)=N/O. The second-order valence-corrected chi connectivity index (χ2v) is 5.40. The summed E-state index contributed by atoms with van der Waals surface area (Å²) in [7, 11) is 0. The lowest BCUT2D eigenvalue weighted by Crippen LogP contribution is -2.44. The molecule has 4 N–H and O–H groups in total. The van der Waals surface area contributed by atoms with E-state index in [1.807, 2.05) is 18.4 Å². The van der Waals surface area contributed by atoms with Gasteiger partial charge in [-0.1, -0.05) is 24.6 Å². The lowest BCUT2D eigenvalue weighted by atomic mass is 10.1. The van der Waals surface area contributed by atoms with Gasteiger partial charge in [0.1, 0.15) is 0 Å². The minimum Gasteiger partial charge on any atom is -0.409 e. The molecule has 0 bridgehead atoms. The van der Waals surface area contributed by atoms with E-state index in [0.717, 1.165) is 19.3 Å². The van der Waals surface area contributed by atoms with Crippen molar-refractivity contribution in [2.75, 3.05) is 0 Å². The van der Waals surface area contributed by atoms with E-state index in [0.29, 0.717) is 12.8 Å². The highest BCUT2D eigenvalue weighted by atomic mass is 32.1. The van der Waals surface area contributed by atoms with Crippen LogP contribution in [-0.4, -0.2) is 23.0 Å². The molecule has 0 aliphatic rings. The third kappa shape index (κ3) is 5.74. The number of nitrogens with one attached hydrogen (secondary N) is 1. The van der Waals surface area contributed by atoms with Gasteiger partial charge in [0.2, 0.25) is 5.91 Å². The zero-order chi connectivity index (χ0) is 14.1. The third-order valence-electron chi connectivity index (χ3n) is 2.79. The number of amides is 1. The van der Waals surface area contributed by atoms with Crippen LogP contribution in [0.5, 0.6) is 0 Å². The fourth-order valence-corrected chi connectivity index (χ4v) is 2.55. The van der Waals surface area contributed by atoms with Crippen molar-refractivity contribution in [3.05, 3.63) is 22.4 Å². The summed E-state index contributed by atoms with van der Waals surface area (Å²) in [4.78, 5) is 13.1. The maximum atomic E-state index is 11.8. The first-order chi connectivity index (χ1) is 9.17. The van der Waals surface area contributed by atoms with Crippen LogP contribution < -0.4 is 11.1 Å². The molecule has 0 saturated carbocycles. The van der Waals surface area contributed by atoms with Gasteiger partial charge in [0, 0.05) is 11.3 Å². The zero-order valence-electron chi connectivity index (χ0n) is 11.1. The zero-order valence-corrected chi connectivity index (χ0v) is 11.9. The Kier molecular flexibility index (Phi) is 6.95. The first-order valence-electron chi connectivity index (χ1n) is 6.46. The average molecular weight is 283 g/mol. The lowest BCUT2D eigenvalue weighted by Gasteiger charge is -2.16. The fraction of sp³-hybridized carbons (Fsp3) is 0.538. The summed E-state index contributed by atoms with van der Waals surface area (Å²) < 4.78 is 0. The molecule has 19 heavy (non-hydrogen) atoms.